The Labute approximate surface area is 196 Å². The van der Waals surface area contributed by atoms with Crippen LogP contribution >= 0.6 is 0 Å². The molecule has 0 aliphatic heterocycles. The third kappa shape index (κ3) is 7.16. The molecule has 4 nitrogen and oxygen atoms in total. The molecular weight excluding hydrogens is 594 g/mol. The Kier molecular flexibility index (Phi) is 9.19. The summed E-state index contributed by atoms with van der Waals surface area (Å²) in [6.07, 6.45) is 0. The minimum atomic E-state index is -2.17. The summed E-state index contributed by atoms with van der Waals surface area (Å²) in [6.45, 7) is -0.242. The number of aliphatic hydroxyl groups excluding tert-OH is 1. The first-order valence-corrected chi connectivity index (χ1v) is 16.1. The molecule has 3 N–H and O–H groups in total. The second kappa shape index (κ2) is 12.6. The van der Waals surface area contributed by atoms with Crippen molar-refractivity contribution >= 4 is 43.9 Å². The van der Waals surface area contributed by atoms with Gasteiger partial charge in [0.05, 0.1) is 0 Å². The quantitative estimate of drug-likeness (QED) is 0.258. The van der Waals surface area contributed by atoms with Crippen LogP contribution < -0.4 is 14.7 Å². The van der Waals surface area contributed by atoms with Crippen molar-refractivity contribution in [3.8, 4) is 0 Å². The Bertz CT molecular complexity index is 1010. The minimum absolute atomic E-state index is 0.242. The molecule has 1 amide bonds. The predicted molar refractivity (Wildman–Crippen MR) is 132 cm³/mol. The third-order valence-electron chi connectivity index (χ3n) is 4.63. The second-order valence-corrected chi connectivity index (χ2v) is 16.6. The Morgan fingerprint density at radius 3 is 1.34 bits per heavy atom. The number of rotatable bonds is 6. The molecule has 0 aliphatic rings. The first kappa shape index (κ1) is 23.4. The monoisotopic (exact) mass is 619 g/mol. The van der Waals surface area contributed by atoms with Crippen molar-refractivity contribution in [2.24, 2.45) is 0 Å². The van der Waals surface area contributed by atoms with Crippen LogP contribution in [-0.2, 0) is 0 Å². The summed E-state index contributed by atoms with van der Waals surface area (Å²) in [5, 5.41) is 10.7. The average molecular weight is 619 g/mol. The van der Waals surface area contributed by atoms with Crippen LogP contribution in [0.4, 0.5) is 0 Å². The number of carbonyl (C=O) groups is 1. The molecule has 4 aromatic carbocycles. The summed E-state index contributed by atoms with van der Waals surface area (Å²) in [4.78, 5) is 19.6. The summed E-state index contributed by atoms with van der Waals surface area (Å²) < 4.78 is 4.64. The third-order valence-corrected chi connectivity index (χ3v) is 15.3. The zero-order valence-corrected chi connectivity index (χ0v) is 21.4. The van der Waals surface area contributed by atoms with Gasteiger partial charge in [0, 0.05) is 5.56 Å². The van der Waals surface area contributed by atoms with E-state index in [4.69, 9.17) is 9.90 Å². The van der Waals surface area contributed by atoms with Crippen molar-refractivity contribution in [3.63, 3.8) is 0 Å². The molecule has 32 heavy (non-hydrogen) atoms. The summed E-state index contributed by atoms with van der Waals surface area (Å²) in [5.74, 6) is -1.13. The first-order valence-electron chi connectivity index (χ1n) is 10.3. The summed E-state index contributed by atoms with van der Waals surface area (Å²) >= 11 is -2.17. The fourth-order valence-corrected chi connectivity index (χ4v) is 13.2. The number of carboxylic acids is 1. The van der Waals surface area contributed by atoms with Crippen LogP contribution in [0.5, 0.6) is 0 Å². The van der Waals surface area contributed by atoms with E-state index < -0.39 is 28.7 Å². The van der Waals surface area contributed by atoms with Crippen LogP contribution in [0.3, 0.4) is 0 Å². The Morgan fingerprint density at radius 2 is 1.00 bits per heavy atom. The molecule has 0 bridgehead atoms. The zero-order valence-electron chi connectivity index (χ0n) is 17.6. The van der Waals surface area contributed by atoms with Crippen molar-refractivity contribution in [2.45, 2.75) is 0 Å². The molecule has 0 aromatic heterocycles. The van der Waals surface area contributed by atoms with Crippen LogP contribution in [0.15, 0.2) is 121 Å². The molecule has 0 heterocycles. The normalized spacial score (nSPS) is 10.0. The molecule has 159 valence electrons. The summed E-state index contributed by atoms with van der Waals surface area (Å²) in [7, 11) is 0. The van der Waals surface area contributed by atoms with Crippen molar-refractivity contribution < 1.29 is 14.7 Å². The van der Waals surface area contributed by atoms with Gasteiger partial charge in [0.2, 0.25) is 0 Å². The van der Waals surface area contributed by atoms with E-state index in [-0.39, 0.29) is 12.5 Å². The SMILES string of the molecule is O=C(NCC(O)=[OH+])c1ccccc1.c1cc[c]([Pb]([c]2ccccc2)[c]2ccccc2)cc1. The van der Waals surface area contributed by atoms with Crippen LogP contribution in [0, 0.1) is 0 Å². The van der Waals surface area contributed by atoms with E-state index in [2.05, 4.69) is 96.3 Å². The standard InChI is InChI=1S/C9H9NO3.3C6H5.Pb/c11-8(12)6-10-9(13)7-4-2-1-3-5-7;3*1-2-4-6-5-3-1;/h1-5H,6H2,(H,10,13)(H,11,12);3*1-5H;/p+1. The van der Waals surface area contributed by atoms with Crippen LogP contribution in [-0.4, -0.2) is 51.0 Å². The maximum absolute atomic E-state index is 11.2. The average Bonchev–Trinajstić information content (AvgIpc) is 2.86. The van der Waals surface area contributed by atoms with Crippen LogP contribution in [0.2, 0.25) is 0 Å². The topological polar surface area (TPSA) is 70.7 Å². The van der Waals surface area contributed by atoms with Gasteiger partial charge in [-0.1, -0.05) is 18.2 Å². The number of amides is 1. The molecule has 0 unspecified atom stereocenters. The van der Waals surface area contributed by atoms with Crippen LogP contribution in [0.1, 0.15) is 10.4 Å². The molecular formula is C27H25NO3Pb+. The van der Waals surface area contributed by atoms with Crippen LogP contribution in [0.25, 0.3) is 0 Å². The van der Waals surface area contributed by atoms with Crippen molar-refractivity contribution in [2.75, 3.05) is 6.54 Å². The van der Waals surface area contributed by atoms with Gasteiger partial charge in [-0.15, -0.1) is 0 Å². The second-order valence-electron chi connectivity index (χ2n) is 6.94. The molecule has 5 heteroatoms. The van der Waals surface area contributed by atoms with E-state index in [0.29, 0.717) is 5.56 Å². The van der Waals surface area contributed by atoms with E-state index in [1.54, 1.807) is 39.7 Å². The number of aliphatic carboxylic acids is 1. The Morgan fingerprint density at radius 1 is 0.656 bits per heavy atom. The number of carbonyl (C=O) groups excluding carboxylic acids is 1. The van der Waals surface area contributed by atoms with Gasteiger partial charge in [-0.25, -0.2) is 0 Å². The van der Waals surface area contributed by atoms with Crippen molar-refractivity contribution in [1.29, 1.82) is 0 Å². The maximum atomic E-state index is 11.2. The van der Waals surface area contributed by atoms with Gasteiger partial charge >= 0.3 is 129 Å². The molecule has 0 fully saturated rings. The van der Waals surface area contributed by atoms with E-state index in [0.717, 1.165) is 0 Å². The van der Waals surface area contributed by atoms with Gasteiger partial charge in [-0.3, -0.25) is 4.79 Å². The van der Waals surface area contributed by atoms with Gasteiger partial charge in [-0.05, 0) is 12.1 Å². The molecule has 0 saturated carbocycles. The first-order chi connectivity index (χ1) is 15.6. The fourth-order valence-electron chi connectivity index (χ4n) is 3.17. The zero-order chi connectivity index (χ0) is 22.6. The van der Waals surface area contributed by atoms with Gasteiger partial charge in [-0.2, -0.15) is 0 Å². The molecule has 4 aromatic rings. The van der Waals surface area contributed by atoms with Gasteiger partial charge in [0.15, 0.2) is 6.54 Å². The number of hydrogen-bond acceptors (Lipinski definition) is 1. The van der Waals surface area contributed by atoms with Gasteiger partial charge < -0.3 is 15.2 Å². The number of nitrogens with one attached hydrogen (secondary N) is 1. The predicted octanol–water partition coefficient (Wildman–Crippen LogP) is 2.68. The molecule has 0 atom stereocenters. The van der Waals surface area contributed by atoms with Crippen molar-refractivity contribution in [1.82, 2.24) is 5.32 Å². The van der Waals surface area contributed by atoms with E-state index in [1.165, 1.54) is 0 Å². The van der Waals surface area contributed by atoms with Crippen molar-refractivity contribution in [3.05, 3.63) is 127 Å². The number of carboxylic acid groups (broad SMARTS) is 1. The molecule has 1 radical (unpaired) electrons. The molecule has 0 saturated heterocycles. The molecule has 4 rings (SSSR count). The summed E-state index contributed by atoms with van der Waals surface area (Å²) in [6, 6.07) is 41.6. The van der Waals surface area contributed by atoms with E-state index >= 15 is 0 Å². The van der Waals surface area contributed by atoms with E-state index in [1.807, 2.05) is 0 Å². The van der Waals surface area contributed by atoms with E-state index in [9.17, 15) is 4.79 Å². The number of hydrogen-bond donors (Lipinski definition) is 2. The van der Waals surface area contributed by atoms with Gasteiger partial charge in [0.25, 0.3) is 5.91 Å². The molecule has 0 aliphatic carbocycles. The fraction of sp³-hybridized carbons (Fsp3) is 0.0370. The Balaban J connectivity index is 0.000000195. The Hall–Kier alpha value is -3.26. The summed E-state index contributed by atoms with van der Waals surface area (Å²) in [5.41, 5.74) is 0.490. The number of benzene rings is 4. The van der Waals surface area contributed by atoms with Gasteiger partial charge in [0.1, 0.15) is 0 Å². The molecule has 0 spiro atoms.